The van der Waals surface area contributed by atoms with Gasteiger partial charge in [0.15, 0.2) is 11.9 Å². The lowest BCUT2D eigenvalue weighted by molar-refractivity contribution is -0.124. The van der Waals surface area contributed by atoms with E-state index >= 15 is 0 Å². The molecule has 0 heterocycles. The Balaban J connectivity index is 2.02. The Hall–Kier alpha value is -1.39. The van der Waals surface area contributed by atoms with Crippen LogP contribution in [0.2, 0.25) is 5.02 Å². The first-order valence-electron chi connectivity index (χ1n) is 6.34. The maximum absolute atomic E-state index is 13.3. The van der Waals surface area contributed by atoms with Gasteiger partial charge in [0.1, 0.15) is 11.6 Å². The Labute approximate surface area is 136 Å². The van der Waals surface area contributed by atoms with Gasteiger partial charge >= 0.3 is 0 Å². The van der Waals surface area contributed by atoms with E-state index in [9.17, 15) is 9.18 Å². The molecule has 0 spiro atoms. The Kier molecular flexibility index (Phi) is 5.37. The fourth-order valence-electron chi connectivity index (χ4n) is 1.87. The average Bonchev–Trinajstić information content (AvgIpc) is 2.37. The molecule has 2 aromatic carbocycles. The van der Waals surface area contributed by atoms with Gasteiger partial charge in [0.25, 0.3) is 0 Å². The van der Waals surface area contributed by atoms with Gasteiger partial charge in [-0.15, -0.1) is 0 Å². The highest BCUT2D eigenvalue weighted by Crippen LogP contribution is 2.20. The first kappa shape index (κ1) is 16.0. The number of halogens is 3. The Bertz CT molecular complexity index is 640. The topological polar surface area (TPSA) is 26.3 Å². The van der Waals surface area contributed by atoms with Gasteiger partial charge < -0.3 is 4.74 Å². The predicted octanol–water partition coefficient (Wildman–Crippen LogP) is 4.82. The zero-order valence-corrected chi connectivity index (χ0v) is 13.6. The van der Waals surface area contributed by atoms with Gasteiger partial charge in [0, 0.05) is 15.9 Å². The third-order valence-electron chi connectivity index (χ3n) is 2.86. The molecule has 0 aliphatic rings. The number of carbonyl (C=O) groups excluding carboxylic acids is 1. The Morgan fingerprint density at radius 3 is 2.76 bits per heavy atom. The molecule has 2 aromatic rings. The highest BCUT2D eigenvalue weighted by atomic mass is 79.9. The summed E-state index contributed by atoms with van der Waals surface area (Å²) in [5.74, 6) is 0.0202. The molecule has 2 nitrogen and oxygen atoms in total. The van der Waals surface area contributed by atoms with Crippen LogP contribution in [0.5, 0.6) is 5.75 Å². The highest BCUT2D eigenvalue weighted by molar-refractivity contribution is 9.10. The van der Waals surface area contributed by atoms with E-state index in [4.69, 9.17) is 16.3 Å². The third kappa shape index (κ3) is 4.83. The normalized spacial score (nSPS) is 12.0. The lowest BCUT2D eigenvalue weighted by Gasteiger charge is -2.14. The Morgan fingerprint density at radius 1 is 1.33 bits per heavy atom. The monoisotopic (exact) mass is 370 g/mol. The number of ketones is 1. The Morgan fingerprint density at radius 2 is 2.10 bits per heavy atom. The minimum absolute atomic E-state index is 0.109. The summed E-state index contributed by atoms with van der Waals surface area (Å²) in [5.41, 5.74) is 0.605. The van der Waals surface area contributed by atoms with E-state index in [2.05, 4.69) is 15.9 Å². The molecular weight excluding hydrogens is 359 g/mol. The summed E-state index contributed by atoms with van der Waals surface area (Å²) >= 11 is 9.07. The molecule has 110 valence electrons. The zero-order valence-electron chi connectivity index (χ0n) is 11.3. The second-order valence-corrected chi connectivity index (χ2v) is 5.99. The number of benzene rings is 2. The molecule has 0 aliphatic carbocycles. The largest absolute Gasteiger partial charge is 0.483 e. The van der Waals surface area contributed by atoms with Crippen LogP contribution in [0.25, 0.3) is 0 Å². The van der Waals surface area contributed by atoms with Crippen LogP contribution >= 0.6 is 27.5 Å². The fourth-order valence-corrected chi connectivity index (χ4v) is 2.56. The quantitative estimate of drug-likeness (QED) is 0.753. The van der Waals surface area contributed by atoms with Crippen LogP contribution in [0.1, 0.15) is 12.5 Å². The molecule has 0 bridgehead atoms. The third-order valence-corrected chi connectivity index (χ3v) is 3.56. The molecule has 0 amide bonds. The first-order chi connectivity index (χ1) is 9.94. The van der Waals surface area contributed by atoms with E-state index in [0.717, 1.165) is 0 Å². The number of hydrogen-bond donors (Lipinski definition) is 0. The molecule has 0 N–H and O–H groups in total. The van der Waals surface area contributed by atoms with Crippen molar-refractivity contribution in [2.24, 2.45) is 0 Å². The highest BCUT2D eigenvalue weighted by Gasteiger charge is 2.16. The van der Waals surface area contributed by atoms with Crippen LogP contribution in [0.4, 0.5) is 4.39 Å². The van der Waals surface area contributed by atoms with Crippen molar-refractivity contribution < 1.29 is 13.9 Å². The van der Waals surface area contributed by atoms with E-state index < -0.39 is 6.10 Å². The van der Waals surface area contributed by atoms with Crippen LogP contribution in [-0.2, 0) is 11.2 Å². The maximum Gasteiger partial charge on any atom is 0.177 e. The number of carbonyl (C=O) groups is 1. The number of rotatable bonds is 5. The van der Waals surface area contributed by atoms with Crippen LogP contribution in [0.3, 0.4) is 0 Å². The van der Waals surface area contributed by atoms with Crippen LogP contribution in [-0.4, -0.2) is 11.9 Å². The van der Waals surface area contributed by atoms with Crippen molar-refractivity contribution in [3.63, 3.8) is 0 Å². The lowest BCUT2D eigenvalue weighted by atomic mass is 10.1. The van der Waals surface area contributed by atoms with Gasteiger partial charge in [-0.2, -0.15) is 0 Å². The first-order valence-corrected chi connectivity index (χ1v) is 7.51. The molecule has 0 saturated carbocycles. The van der Waals surface area contributed by atoms with E-state index in [1.807, 2.05) is 0 Å². The summed E-state index contributed by atoms with van der Waals surface area (Å²) in [6, 6.07) is 11.3. The maximum atomic E-state index is 13.3. The van der Waals surface area contributed by atoms with Crippen molar-refractivity contribution in [2.75, 3.05) is 0 Å². The summed E-state index contributed by atoms with van der Waals surface area (Å²) in [6.45, 7) is 1.66. The van der Waals surface area contributed by atoms with Gasteiger partial charge in [-0.25, -0.2) is 4.39 Å². The molecule has 5 heteroatoms. The van der Waals surface area contributed by atoms with Gasteiger partial charge in [-0.05, 0) is 48.9 Å². The second-order valence-electron chi connectivity index (χ2n) is 4.64. The van der Waals surface area contributed by atoms with Gasteiger partial charge in [-0.3, -0.25) is 4.79 Å². The van der Waals surface area contributed by atoms with E-state index in [1.54, 1.807) is 37.3 Å². The molecule has 0 radical (unpaired) electrons. The van der Waals surface area contributed by atoms with Crippen LogP contribution in [0.15, 0.2) is 46.9 Å². The fraction of sp³-hybridized carbons (Fsp3) is 0.188. The van der Waals surface area contributed by atoms with Crippen molar-refractivity contribution in [1.29, 1.82) is 0 Å². The number of hydrogen-bond acceptors (Lipinski definition) is 2. The summed E-state index contributed by atoms with van der Waals surface area (Å²) in [6.07, 6.45) is -0.525. The molecule has 0 aliphatic heterocycles. The molecule has 2 rings (SSSR count). The minimum atomic E-state index is -0.634. The summed E-state index contributed by atoms with van der Waals surface area (Å²) in [5, 5.41) is 0.543. The summed E-state index contributed by atoms with van der Waals surface area (Å²) in [7, 11) is 0. The van der Waals surface area contributed by atoms with Crippen LogP contribution < -0.4 is 4.74 Å². The van der Waals surface area contributed by atoms with Crippen molar-refractivity contribution in [1.82, 2.24) is 0 Å². The van der Waals surface area contributed by atoms with Crippen molar-refractivity contribution >= 4 is 33.3 Å². The van der Waals surface area contributed by atoms with Crippen molar-refractivity contribution in [3.8, 4) is 5.75 Å². The van der Waals surface area contributed by atoms with Crippen LogP contribution in [0, 0.1) is 5.82 Å². The SMILES string of the molecule is CC(Oc1cccc(Cl)c1)C(=O)Cc1cc(F)cc(Br)c1. The van der Waals surface area contributed by atoms with E-state index in [-0.39, 0.29) is 18.0 Å². The molecule has 0 aromatic heterocycles. The molecule has 21 heavy (non-hydrogen) atoms. The standard InChI is InChI=1S/C16H13BrClFO2/c1-10(21-15-4-2-3-13(18)9-15)16(20)7-11-5-12(17)8-14(19)6-11/h2-6,8-10H,7H2,1H3. The molecule has 1 atom stereocenters. The summed E-state index contributed by atoms with van der Waals surface area (Å²) in [4.78, 5) is 12.1. The summed E-state index contributed by atoms with van der Waals surface area (Å²) < 4.78 is 19.4. The zero-order chi connectivity index (χ0) is 15.4. The average molecular weight is 372 g/mol. The number of Topliss-reactive ketones (excluding diaryl/α,β-unsaturated/α-hetero) is 1. The lowest BCUT2D eigenvalue weighted by Crippen LogP contribution is -2.25. The predicted molar refractivity (Wildman–Crippen MR) is 84.4 cm³/mol. The van der Waals surface area contributed by atoms with Gasteiger partial charge in [0.05, 0.1) is 0 Å². The van der Waals surface area contributed by atoms with Crippen molar-refractivity contribution in [3.05, 3.63) is 63.3 Å². The van der Waals surface area contributed by atoms with Gasteiger partial charge in [0.2, 0.25) is 0 Å². The smallest absolute Gasteiger partial charge is 0.177 e. The molecular formula is C16H13BrClFO2. The molecule has 1 unspecified atom stereocenters. The van der Waals surface area contributed by atoms with Gasteiger partial charge in [-0.1, -0.05) is 33.6 Å². The van der Waals surface area contributed by atoms with Crippen molar-refractivity contribution in [2.45, 2.75) is 19.4 Å². The minimum Gasteiger partial charge on any atom is -0.483 e. The second kappa shape index (κ2) is 7.05. The number of ether oxygens (including phenoxy) is 1. The van der Waals surface area contributed by atoms with E-state index in [0.29, 0.717) is 20.8 Å². The molecule has 0 fully saturated rings. The van der Waals surface area contributed by atoms with E-state index in [1.165, 1.54) is 12.1 Å². The molecule has 0 saturated heterocycles.